The molecule has 1 aliphatic rings. The topological polar surface area (TPSA) is 25.8 Å². The number of alkyl halides is 1. The average Bonchev–Trinajstić information content (AvgIpc) is 2.44. The van der Waals surface area contributed by atoms with Gasteiger partial charge in [0.2, 0.25) is 0 Å². The number of rotatable bonds is 3. The predicted molar refractivity (Wildman–Crippen MR) is 58.4 cm³/mol. The van der Waals surface area contributed by atoms with Crippen molar-refractivity contribution in [1.82, 2.24) is 9.59 Å². The highest BCUT2D eigenvalue weighted by atomic mass is 79.9. The Kier molecular flexibility index (Phi) is 2.70. The van der Waals surface area contributed by atoms with Gasteiger partial charge < -0.3 is 0 Å². The van der Waals surface area contributed by atoms with E-state index in [0.717, 1.165) is 11.0 Å². The van der Waals surface area contributed by atoms with Crippen LogP contribution >= 0.6 is 27.5 Å². The van der Waals surface area contributed by atoms with Crippen molar-refractivity contribution in [1.29, 1.82) is 0 Å². The van der Waals surface area contributed by atoms with Crippen LogP contribution in [0.1, 0.15) is 29.8 Å². The molecule has 1 aromatic rings. The summed E-state index contributed by atoms with van der Waals surface area (Å²) in [4.78, 5) is 1.37. The zero-order valence-corrected chi connectivity index (χ0v) is 10.1. The zero-order valence-electron chi connectivity index (χ0n) is 7.72. The molecule has 0 radical (unpaired) electrons. The van der Waals surface area contributed by atoms with E-state index in [0.29, 0.717) is 5.41 Å². The lowest BCUT2D eigenvalue weighted by molar-refractivity contribution is 0.171. The van der Waals surface area contributed by atoms with E-state index in [1.807, 2.05) is 0 Å². The van der Waals surface area contributed by atoms with Crippen molar-refractivity contribution in [2.75, 3.05) is 5.33 Å². The molecule has 1 saturated carbocycles. The summed E-state index contributed by atoms with van der Waals surface area (Å²) in [6, 6.07) is 0. The van der Waals surface area contributed by atoms with E-state index in [9.17, 15) is 0 Å². The molecular weight excluding hydrogens is 248 g/mol. The van der Waals surface area contributed by atoms with Gasteiger partial charge in [0.15, 0.2) is 0 Å². The van der Waals surface area contributed by atoms with E-state index in [-0.39, 0.29) is 0 Å². The maximum atomic E-state index is 4.05. The van der Waals surface area contributed by atoms with E-state index in [1.165, 1.54) is 30.6 Å². The van der Waals surface area contributed by atoms with Crippen LogP contribution in [0, 0.1) is 12.3 Å². The van der Waals surface area contributed by atoms with Crippen LogP contribution in [0.5, 0.6) is 0 Å². The fourth-order valence-electron chi connectivity index (χ4n) is 1.79. The first-order valence-electron chi connectivity index (χ1n) is 4.60. The van der Waals surface area contributed by atoms with Crippen molar-refractivity contribution in [3.8, 4) is 0 Å². The lowest BCUT2D eigenvalue weighted by Gasteiger charge is -2.40. The summed E-state index contributed by atoms with van der Waals surface area (Å²) >= 11 is 5.18. The van der Waals surface area contributed by atoms with Gasteiger partial charge >= 0.3 is 0 Å². The molecule has 2 rings (SSSR count). The standard InChI is InChI=1S/C9H13BrN2S/c1-7-8(13-12-11-7)5-9(6-10)3-2-4-9/h2-6H2,1H3. The van der Waals surface area contributed by atoms with Crippen molar-refractivity contribution in [2.45, 2.75) is 32.6 Å². The van der Waals surface area contributed by atoms with Crippen molar-refractivity contribution < 1.29 is 0 Å². The minimum atomic E-state index is 0.527. The quantitative estimate of drug-likeness (QED) is 0.782. The third-order valence-electron chi connectivity index (χ3n) is 2.98. The molecule has 0 aliphatic heterocycles. The normalized spacial score (nSPS) is 19.8. The van der Waals surface area contributed by atoms with Crippen LogP contribution in [0.15, 0.2) is 0 Å². The fourth-order valence-corrected chi connectivity index (χ4v) is 3.35. The first-order chi connectivity index (χ1) is 6.26. The predicted octanol–water partition coefficient (Wildman–Crippen LogP) is 2.95. The SMILES string of the molecule is Cc1nnsc1CC1(CBr)CCC1. The molecule has 1 aliphatic carbocycles. The summed E-state index contributed by atoms with van der Waals surface area (Å²) in [7, 11) is 0. The first kappa shape index (κ1) is 9.59. The van der Waals surface area contributed by atoms with Crippen molar-refractivity contribution in [3.05, 3.63) is 10.6 Å². The molecule has 1 aromatic heterocycles. The number of hydrogen-bond acceptors (Lipinski definition) is 3. The minimum Gasteiger partial charge on any atom is -0.143 e. The van der Waals surface area contributed by atoms with Crippen LogP contribution in [0.25, 0.3) is 0 Å². The third-order valence-corrected chi connectivity index (χ3v) is 4.99. The number of nitrogens with zero attached hydrogens (tertiary/aromatic N) is 2. The highest BCUT2D eigenvalue weighted by molar-refractivity contribution is 9.09. The lowest BCUT2D eigenvalue weighted by atomic mass is 9.68. The van der Waals surface area contributed by atoms with Crippen LogP contribution in [-0.2, 0) is 6.42 Å². The van der Waals surface area contributed by atoms with E-state index >= 15 is 0 Å². The molecule has 0 bridgehead atoms. The fraction of sp³-hybridized carbons (Fsp3) is 0.778. The Morgan fingerprint density at radius 3 is 2.69 bits per heavy atom. The van der Waals surface area contributed by atoms with Gasteiger partial charge in [0, 0.05) is 10.2 Å². The van der Waals surface area contributed by atoms with Gasteiger partial charge in [0.25, 0.3) is 0 Å². The Balaban J connectivity index is 2.08. The second kappa shape index (κ2) is 3.65. The van der Waals surface area contributed by atoms with Gasteiger partial charge in [0.05, 0.1) is 5.69 Å². The third kappa shape index (κ3) is 1.79. The number of aryl methyl sites for hydroxylation is 1. The molecule has 4 heteroatoms. The second-order valence-corrected chi connectivity index (χ2v) is 5.34. The number of aromatic nitrogens is 2. The van der Waals surface area contributed by atoms with E-state index in [1.54, 1.807) is 11.5 Å². The van der Waals surface area contributed by atoms with Gasteiger partial charge in [-0.05, 0) is 43.1 Å². The zero-order chi connectivity index (χ0) is 9.31. The summed E-state index contributed by atoms with van der Waals surface area (Å²) in [6.45, 7) is 2.05. The summed E-state index contributed by atoms with van der Waals surface area (Å²) in [5.41, 5.74) is 1.65. The maximum absolute atomic E-state index is 4.05. The Morgan fingerprint density at radius 2 is 2.31 bits per heavy atom. The molecule has 0 N–H and O–H groups in total. The van der Waals surface area contributed by atoms with Gasteiger partial charge in [-0.1, -0.05) is 26.8 Å². The van der Waals surface area contributed by atoms with Crippen LogP contribution < -0.4 is 0 Å². The molecule has 0 spiro atoms. The molecule has 1 heterocycles. The number of hydrogen-bond donors (Lipinski definition) is 0. The smallest absolute Gasteiger partial charge is 0.0756 e. The Bertz CT molecular complexity index is 288. The van der Waals surface area contributed by atoms with Gasteiger partial charge in [-0.15, -0.1) is 5.10 Å². The largest absolute Gasteiger partial charge is 0.143 e. The summed E-state index contributed by atoms with van der Waals surface area (Å²) in [6.07, 6.45) is 5.27. The average molecular weight is 261 g/mol. The van der Waals surface area contributed by atoms with Crippen LogP contribution in [-0.4, -0.2) is 14.9 Å². The molecule has 0 amide bonds. The maximum Gasteiger partial charge on any atom is 0.0756 e. The first-order valence-corrected chi connectivity index (χ1v) is 6.49. The molecule has 13 heavy (non-hydrogen) atoms. The lowest BCUT2D eigenvalue weighted by Crippen LogP contribution is -2.33. The van der Waals surface area contributed by atoms with E-state index in [4.69, 9.17) is 0 Å². The second-order valence-electron chi connectivity index (χ2n) is 3.95. The van der Waals surface area contributed by atoms with Crippen LogP contribution in [0.3, 0.4) is 0 Å². The number of halogens is 1. The van der Waals surface area contributed by atoms with Gasteiger partial charge in [-0.2, -0.15) is 0 Å². The van der Waals surface area contributed by atoms with E-state index in [2.05, 4.69) is 32.4 Å². The van der Waals surface area contributed by atoms with Crippen molar-refractivity contribution >= 4 is 27.5 Å². The summed E-state index contributed by atoms with van der Waals surface area (Å²) in [5, 5.41) is 5.17. The summed E-state index contributed by atoms with van der Waals surface area (Å²) in [5.74, 6) is 0. The van der Waals surface area contributed by atoms with Crippen molar-refractivity contribution in [3.63, 3.8) is 0 Å². The highest BCUT2D eigenvalue weighted by Gasteiger charge is 2.36. The van der Waals surface area contributed by atoms with Crippen molar-refractivity contribution in [2.24, 2.45) is 5.41 Å². The van der Waals surface area contributed by atoms with Crippen LogP contribution in [0.2, 0.25) is 0 Å². The molecule has 0 atom stereocenters. The monoisotopic (exact) mass is 260 g/mol. The molecule has 72 valence electrons. The molecule has 2 nitrogen and oxygen atoms in total. The molecule has 0 saturated heterocycles. The van der Waals surface area contributed by atoms with E-state index < -0.39 is 0 Å². The molecule has 0 aromatic carbocycles. The Labute approximate surface area is 91.0 Å². The van der Waals surface area contributed by atoms with Gasteiger partial charge in [0.1, 0.15) is 0 Å². The Morgan fingerprint density at radius 1 is 1.54 bits per heavy atom. The summed E-state index contributed by atoms with van der Waals surface area (Å²) < 4.78 is 3.97. The van der Waals surface area contributed by atoms with Gasteiger partial charge in [-0.3, -0.25) is 0 Å². The molecule has 0 unspecified atom stereocenters. The molecular formula is C9H13BrN2S. The molecule has 1 fully saturated rings. The van der Waals surface area contributed by atoms with Crippen LogP contribution in [0.4, 0.5) is 0 Å². The Hall–Kier alpha value is 0.0400. The van der Waals surface area contributed by atoms with Gasteiger partial charge in [-0.25, -0.2) is 0 Å². The minimum absolute atomic E-state index is 0.527. The highest BCUT2D eigenvalue weighted by Crippen LogP contribution is 2.45.